The number of carbonyl (C=O) groups excluding carboxylic acids is 3. The minimum absolute atomic E-state index is 0.105. The van der Waals surface area contributed by atoms with Crippen LogP contribution in [0.3, 0.4) is 0 Å². The third-order valence-electron chi connectivity index (χ3n) is 3.82. The van der Waals surface area contributed by atoms with Gasteiger partial charge in [0, 0.05) is 25.0 Å². The summed E-state index contributed by atoms with van der Waals surface area (Å²) in [6.45, 7) is 0. The normalized spacial score (nSPS) is 11.6. The van der Waals surface area contributed by atoms with Gasteiger partial charge in [-0.2, -0.15) is 0 Å². The molecule has 9 heteroatoms. The second-order valence-corrected chi connectivity index (χ2v) is 5.65. The van der Waals surface area contributed by atoms with E-state index in [0.29, 0.717) is 5.82 Å². The van der Waals surface area contributed by atoms with Crippen molar-refractivity contribution in [3.05, 3.63) is 72.7 Å². The molecule has 3 N–H and O–H groups in total. The van der Waals surface area contributed by atoms with Crippen LogP contribution >= 0.6 is 0 Å². The van der Waals surface area contributed by atoms with Crippen LogP contribution in [0.5, 0.6) is 0 Å². The molecule has 136 valence electrons. The summed E-state index contributed by atoms with van der Waals surface area (Å²) in [5, 5.41) is 2.56. The van der Waals surface area contributed by atoms with Crippen LogP contribution in [-0.4, -0.2) is 43.2 Å². The van der Waals surface area contributed by atoms with E-state index < -0.39 is 23.6 Å². The van der Waals surface area contributed by atoms with Gasteiger partial charge < -0.3 is 11.1 Å². The number of pyridine rings is 2. The van der Waals surface area contributed by atoms with E-state index in [2.05, 4.69) is 20.3 Å². The van der Waals surface area contributed by atoms with Crippen molar-refractivity contribution in [3.8, 4) is 5.82 Å². The number of primary amides is 1. The topological polar surface area (TPSA) is 133 Å². The molecule has 0 aliphatic rings. The average Bonchev–Trinajstić information content (AvgIpc) is 3.18. The maximum Gasteiger partial charge on any atom is 0.287 e. The quantitative estimate of drug-likeness (QED) is 0.570. The van der Waals surface area contributed by atoms with E-state index in [0.717, 1.165) is 5.56 Å². The summed E-state index contributed by atoms with van der Waals surface area (Å²) in [5.41, 5.74) is 6.02. The first kappa shape index (κ1) is 17.9. The van der Waals surface area contributed by atoms with Gasteiger partial charge >= 0.3 is 0 Å². The molecule has 9 nitrogen and oxygen atoms in total. The third-order valence-corrected chi connectivity index (χ3v) is 3.82. The third kappa shape index (κ3) is 4.21. The van der Waals surface area contributed by atoms with E-state index >= 15 is 0 Å². The molecule has 0 saturated carbocycles. The molecule has 3 heterocycles. The zero-order valence-electron chi connectivity index (χ0n) is 14.1. The lowest BCUT2D eigenvalue weighted by molar-refractivity contribution is -0.137. The molecule has 27 heavy (non-hydrogen) atoms. The first-order valence-electron chi connectivity index (χ1n) is 8.03. The Kier molecular flexibility index (Phi) is 5.31. The lowest BCUT2D eigenvalue weighted by Gasteiger charge is -2.16. The highest BCUT2D eigenvalue weighted by Gasteiger charge is 2.27. The molecule has 0 aliphatic heterocycles. The van der Waals surface area contributed by atoms with E-state index in [1.165, 1.54) is 17.1 Å². The number of carbonyl (C=O) groups is 3. The predicted octanol–water partition coefficient (Wildman–Crippen LogP) is 0.0578. The molecule has 0 aromatic carbocycles. The number of hydrogen-bond acceptors (Lipinski definition) is 6. The second-order valence-electron chi connectivity index (χ2n) is 5.65. The fourth-order valence-corrected chi connectivity index (χ4v) is 2.51. The van der Waals surface area contributed by atoms with Gasteiger partial charge in [-0.05, 0) is 29.8 Å². The number of Topliss-reactive ketones (excluding diaryl/α,β-unsaturated/α-hetero) is 1. The van der Waals surface area contributed by atoms with Crippen LogP contribution in [0.25, 0.3) is 5.82 Å². The van der Waals surface area contributed by atoms with Gasteiger partial charge in [-0.1, -0.05) is 6.07 Å². The Morgan fingerprint density at radius 2 is 1.85 bits per heavy atom. The van der Waals surface area contributed by atoms with E-state index in [9.17, 15) is 14.4 Å². The molecule has 0 saturated heterocycles. The second kappa shape index (κ2) is 8.00. The van der Waals surface area contributed by atoms with Crippen LogP contribution in [0, 0.1) is 0 Å². The predicted molar refractivity (Wildman–Crippen MR) is 94.8 cm³/mol. The number of nitrogens with one attached hydrogen (secondary N) is 1. The Morgan fingerprint density at radius 1 is 1.07 bits per heavy atom. The van der Waals surface area contributed by atoms with Crippen molar-refractivity contribution >= 4 is 17.6 Å². The molecular weight excluding hydrogens is 348 g/mol. The average molecular weight is 364 g/mol. The van der Waals surface area contributed by atoms with Crippen LogP contribution in [-0.2, 0) is 16.0 Å². The molecule has 1 unspecified atom stereocenters. The number of nitrogens with zero attached hydrogens (tertiary/aromatic N) is 4. The summed E-state index contributed by atoms with van der Waals surface area (Å²) in [6, 6.07) is 7.49. The van der Waals surface area contributed by atoms with Gasteiger partial charge in [0.25, 0.3) is 11.8 Å². The van der Waals surface area contributed by atoms with Gasteiger partial charge in [-0.3, -0.25) is 23.9 Å². The van der Waals surface area contributed by atoms with Crippen molar-refractivity contribution in [1.82, 2.24) is 24.8 Å². The summed E-state index contributed by atoms with van der Waals surface area (Å²) >= 11 is 0. The number of nitrogens with two attached hydrogens (primary N) is 1. The minimum atomic E-state index is -1.12. The number of amides is 2. The summed E-state index contributed by atoms with van der Waals surface area (Å²) in [6.07, 6.45) is 7.58. The zero-order chi connectivity index (χ0) is 19.2. The summed E-state index contributed by atoms with van der Waals surface area (Å²) < 4.78 is 1.48. The van der Waals surface area contributed by atoms with Gasteiger partial charge in [0.15, 0.2) is 0 Å². The van der Waals surface area contributed by atoms with E-state index in [-0.39, 0.29) is 12.1 Å². The van der Waals surface area contributed by atoms with Crippen LogP contribution in [0.15, 0.2) is 61.4 Å². The van der Waals surface area contributed by atoms with Crippen LogP contribution < -0.4 is 11.1 Å². The summed E-state index contributed by atoms with van der Waals surface area (Å²) in [4.78, 5) is 48.3. The molecular formula is C18H16N6O3. The minimum Gasteiger partial charge on any atom is -0.363 e. The Bertz CT molecular complexity index is 955. The lowest BCUT2D eigenvalue weighted by Crippen LogP contribution is -2.47. The molecule has 0 spiro atoms. The highest BCUT2D eigenvalue weighted by Crippen LogP contribution is 2.10. The highest BCUT2D eigenvalue weighted by atomic mass is 16.2. The Morgan fingerprint density at radius 3 is 2.52 bits per heavy atom. The van der Waals surface area contributed by atoms with E-state index in [1.54, 1.807) is 48.9 Å². The molecule has 2 amide bonds. The number of imidazole rings is 1. The first-order valence-corrected chi connectivity index (χ1v) is 8.03. The molecule has 0 radical (unpaired) electrons. The maximum atomic E-state index is 12.7. The lowest BCUT2D eigenvalue weighted by atomic mass is 10.0. The number of ketones is 1. The van der Waals surface area contributed by atoms with Crippen molar-refractivity contribution < 1.29 is 14.4 Å². The van der Waals surface area contributed by atoms with Crippen LogP contribution in [0.2, 0.25) is 0 Å². The van der Waals surface area contributed by atoms with Crippen molar-refractivity contribution in [3.63, 3.8) is 0 Å². The number of aromatic nitrogens is 4. The monoisotopic (exact) mass is 364 g/mol. The molecule has 3 aromatic heterocycles. The fraction of sp³-hybridized carbons (Fsp3) is 0.111. The largest absolute Gasteiger partial charge is 0.363 e. The standard InChI is InChI=1S/C18H16N6O3/c19-17(26)16(25)13(9-12-4-7-20-8-5-12)23-18(27)14-10-21-11-24(14)15-3-1-2-6-22-15/h1-8,10-11,13H,9H2,(H2,19,26)(H,23,27). The fourth-order valence-electron chi connectivity index (χ4n) is 2.51. The van der Waals surface area contributed by atoms with Gasteiger partial charge in [-0.25, -0.2) is 9.97 Å². The van der Waals surface area contributed by atoms with Crippen molar-refractivity contribution in [1.29, 1.82) is 0 Å². The van der Waals surface area contributed by atoms with Gasteiger partial charge in [0.2, 0.25) is 5.78 Å². The Hall–Kier alpha value is -3.88. The molecule has 3 rings (SSSR count). The smallest absolute Gasteiger partial charge is 0.287 e. The molecule has 0 bridgehead atoms. The number of rotatable bonds is 7. The Balaban J connectivity index is 1.84. The zero-order valence-corrected chi connectivity index (χ0v) is 14.1. The van der Waals surface area contributed by atoms with Crippen LogP contribution in [0.1, 0.15) is 16.1 Å². The van der Waals surface area contributed by atoms with Gasteiger partial charge in [-0.15, -0.1) is 0 Å². The summed E-state index contributed by atoms with van der Waals surface area (Å²) in [5.74, 6) is -2.09. The van der Waals surface area contributed by atoms with Gasteiger partial charge in [0.05, 0.1) is 6.20 Å². The van der Waals surface area contributed by atoms with Crippen molar-refractivity contribution in [2.45, 2.75) is 12.5 Å². The highest BCUT2D eigenvalue weighted by molar-refractivity contribution is 6.38. The SMILES string of the molecule is NC(=O)C(=O)C(Cc1ccncc1)NC(=O)c1cncn1-c1ccccn1. The van der Waals surface area contributed by atoms with E-state index in [1.807, 2.05) is 0 Å². The molecule has 3 aromatic rings. The summed E-state index contributed by atoms with van der Waals surface area (Å²) in [7, 11) is 0. The van der Waals surface area contributed by atoms with E-state index in [4.69, 9.17) is 5.73 Å². The molecule has 0 aliphatic carbocycles. The van der Waals surface area contributed by atoms with Crippen LogP contribution in [0.4, 0.5) is 0 Å². The van der Waals surface area contributed by atoms with Crippen molar-refractivity contribution in [2.24, 2.45) is 5.73 Å². The number of hydrogen-bond donors (Lipinski definition) is 2. The molecule has 0 fully saturated rings. The van der Waals surface area contributed by atoms with Gasteiger partial charge in [0.1, 0.15) is 23.9 Å². The first-order chi connectivity index (χ1) is 13.1. The Labute approximate surface area is 154 Å². The maximum absolute atomic E-state index is 12.7. The van der Waals surface area contributed by atoms with Crippen molar-refractivity contribution in [2.75, 3.05) is 0 Å². The molecule has 1 atom stereocenters.